The molecule has 4 nitrogen and oxygen atoms in total. The lowest BCUT2D eigenvalue weighted by Gasteiger charge is -2.11. The van der Waals surface area contributed by atoms with Crippen molar-refractivity contribution >= 4 is 5.69 Å². The van der Waals surface area contributed by atoms with Crippen LogP contribution in [-0.2, 0) is 0 Å². The van der Waals surface area contributed by atoms with Crippen LogP contribution in [0.1, 0.15) is 12.8 Å². The average Bonchev–Trinajstić information content (AvgIpc) is 2.71. The third kappa shape index (κ3) is 2.15. The second-order valence-electron chi connectivity index (χ2n) is 3.39. The smallest absolute Gasteiger partial charge is 0.310 e. The standard InChI is InChI=1S/C11H11NO3/c13-12(14)10-7-3-4-8-11(10)15-9-5-1-2-6-9/h1,3-5,7-9H,2,6H2. The SMILES string of the molecule is O=[N+]([O-])c1ccccc1OC1C=CCC1. The van der Waals surface area contributed by atoms with Gasteiger partial charge in [0.25, 0.3) is 0 Å². The highest BCUT2D eigenvalue weighted by Gasteiger charge is 2.18. The molecular formula is C11H11NO3. The van der Waals surface area contributed by atoms with E-state index in [4.69, 9.17) is 4.74 Å². The Morgan fingerprint density at radius 1 is 1.40 bits per heavy atom. The first-order chi connectivity index (χ1) is 7.27. The van der Waals surface area contributed by atoms with Crippen LogP contribution in [0.2, 0.25) is 0 Å². The quantitative estimate of drug-likeness (QED) is 0.433. The Morgan fingerprint density at radius 3 is 2.87 bits per heavy atom. The van der Waals surface area contributed by atoms with Gasteiger partial charge in [-0.05, 0) is 25.0 Å². The number of para-hydroxylation sites is 2. The molecular weight excluding hydrogens is 194 g/mol. The molecule has 0 bridgehead atoms. The van der Waals surface area contributed by atoms with Crippen molar-refractivity contribution in [3.63, 3.8) is 0 Å². The Labute approximate surface area is 87.3 Å². The monoisotopic (exact) mass is 205 g/mol. The molecule has 2 rings (SSSR count). The van der Waals surface area contributed by atoms with Crippen LogP contribution >= 0.6 is 0 Å². The van der Waals surface area contributed by atoms with E-state index >= 15 is 0 Å². The molecule has 0 fully saturated rings. The Hall–Kier alpha value is -1.84. The number of ether oxygens (including phenoxy) is 1. The van der Waals surface area contributed by atoms with Gasteiger partial charge in [0.2, 0.25) is 0 Å². The number of benzene rings is 1. The van der Waals surface area contributed by atoms with Gasteiger partial charge >= 0.3 is 5.69 Å². The van der Waals surface area contributed by atoms with Gasteiger partial charge in [0, 0.05) is 6.07 Å². The van der Waals surface area contributed by atoms with Crippen LogP contribution in [0.5, 0.6) is 5.75 Å². The zero-order valence-electron chi connectivity index (χ0n) is 8.13. The molecule has 0 radical (unpaired) electrons. The van der Waals surface area contributed by atoms with Crippen LogP contribution in [0.15, 0.2) is 36.4 Å². The van der Waals surface area contributed by atoms with Gasteiger partial charge in [-0.3, -0.25) is 10.1 Å². The highest BCUT2D eigenvalue weighted by molar-refractivity contribution is 5.46. The molecule has 1 aromatic carbocycles. The van der Waals surface area contributed by atoms with Crippen molar-refractivity contribution in [2.45, 2.75) is 18.9 Å². The molecule has 1 atom stereocenters. The van der Waals surface area contributed by atoms with E-state index in [-0.39, 0.29) is 11.8 Å². The third-order valence-electron chi connectivity index (χ3n) is 2.31. The van der Waals surface area contributed by atoms with Crippen LogP contribution in [0.3, 0.4) is 0 Å². The van der Waals surface area contributed by atoms with Crippen LogP contribution < -0.4 is 4.74 Å². The summed E-state index contributed by atoms with van der Waals surface area (Å²) < 4.78 is 5.54. The number of nitrogens with zero attached hydrogens (tertiary/aromatic N) is 1. The van der Waals surface area contributed by atoms with Crippen molar-refractivity contribution in [2.24, 2.45) is 0 Å². The molecule has 0 aliphatic heterocycles. The fourth-order valence-electron chi connectivity index (χ4n) is 1.57. The zero-order valence-corrected chi connectivity index (χ0v) is 8.13. The Bertz CT molecular complexity index is 401. The molecule has 15 heavy (non-hydrogen) atoms. The van der Waals surface area contributed by atoms with Crippen molar-refractivity contribution < 1.29 is 9.66 Å². The first-order valence-electron chi connectivity index (χ1n) is 4.84. The normalized spacial score (nSPS) is 19.1. The topological polar surface area (TPSA) is 52.4 Å². The predicted molar refractivity (Wildman–Crippen MR) is 55.9 cm³/mol. The summed E-state index contributed by atoms with van der Waals surface area (Å²) in [7, 11) is 0. The largest absolute Gasteiger partial charge is 0.479 e. The van der Waals surface area contributed by atoms with E-state index in [1.165, 1.54) is 6.07 Å². The van der Waals surface area contributed by atoms with Crippen molar-refractivity contribution in [3.8, 4) is 5.75 Å². The minimum atomic E-state index is -0.423. The van der Waals surface area contributed by atoms with Gasteiger partial charge in [-0.15, -0.1) is 0 Å². The van der Waals surface area contributed by atoms with Gasteiger partial charge in [-0.2, -0.15) is 0 Å². The fourth-order valence-corrected chi connectivity index (χ4v) is 1.57. The minimum absolute atomic E-state index is 0.0221. The van der Waals surface area contributed by atoms with Crippen LogP contribution in [0.25, 0.3) is 0 Å². The molecule has 0 saturated heterocycles. The maximum absolute atomic E-state index is 10.7. The number of nitro groups is 1. The van der Waals surface area contributed by atoms with Gasteiger partial charge in [-0.25, -0.2) is 0 Å². The average molecular weight is 205 g/mol. The Morgan fingerprint density at radius 2 is 2.20 bits per heavy atom. The molecule has 0 spiro atoms. The molecule has 4 heteroatoms. The predicted octanol–water partition coefficient (Wildman–Crippen LogP) is 2.69. The summed E-state index contributed by atoms with van der Waals surface area (Å²) in [5.41, 5.74) is 0.0257. The number of hydrogen-bond acceptors (Lipinski definition) is 3. The number of allylic oxidation sites excluding steroid dienone is 1. The number of hydrogen-bond donors (Lipinski definition) is 0. The number of nitro benzene ring substituents is 1. The van der Waals surface area contributed by atoms with Crippen molar-refractivity contribution in [3.05, 3.63) is 46.5 Å². The summed E-state index contributed by atoms with van der Waals surface area (Å²) in [4.78, 5) is 10.3. The highest BCUT2D eigenvalue weighted by Crippen LogP contribution is 2.28. The molecule has 78 valence electrons. The van der Waals surface area contributed by atoms with E-state index in [2.05, 4.69) is 0 Å². The van der Waals surface area contributed by atoms with E-state index < -0.39 is 4.92 Å². The van der Waals surface area contributed by atoms with Crippen LogP contribution in [0.4, 0.5) is 5.69 Å². The van der Waals surface area contributed by atoms with Gasteiger partial charge in [0.15, 0.2) is 5.75 Å². The molecule has 1 aromatic rings. The van der Waals surface area contributed by atoms with E-state index in [9.17, 15) is 10.1 Å². The summed E-state index contributed by atoms with van der Waals surface area (Å²) in [6.45, 7) is 0. The first kappa shape index (κ1) is 9.71. The fraction of sp³-hybridized carbons (Fsp3) is 0.273. The van der Waals surface area contributed by atoms with E-state index in [1.807, 2.05) is 12.2 Å². The van der Waals surface area contributed by atoms with Crippen molar-refractivity contribution in [2.75, 3.05) is 0 Å². The third-order valence-corrected chi connectivity index (χ3v) is 2.31. The molecule has 0 heterocycles. The van der Waals surface area contributed by atoms with E-state index in [0.29, 0.717) is 5.75 Å². The van der Waals surface area contributed by atoms with Crippen molar-refractivity contribution in [1.82, 2.24) is 0 Å². The van der Waals surface area contributed by atoms with Gasteiger partial charge in [-0.1, -0.05) is 18.2 Å². The second-order valence-corrected chi connectivity index (χ2v) is 3.39. The lowest BCUT2D eigenvalue weighted by molar-refractivity contribution is -0.386. The van der Waals surface area contributed by atoms with Gasteiger partial charge in [0.05, 0.1) is 4.92 Å². The zero-order chi connectivity index (χ0) is 10.7. The van der Waals surface area contributed by atoms with E-state index in [1.54, 1.807) is 18.2 Å². The molecule has 0 saturated carbocycles. The lowest BCUT2D eigenvalue weighted by Crippen LogP contribution is -2.10. The highest BCUT2D eigenvalue weighted by atomic mass is 16.6. The lowest BCUT2D eigenvalue weighted by atomic mass is 10.2. The molecule has 1 aliphatic carbocycles. The second kappa shape index (κ2) is 4.13. The Kier molecular flexibility index (Phi) is 2.67. The summed E-state index contributed by atoms with van der Waals surface area (Å²) in [5, 5.41) is 10.7. The van der Waals surface area contributed by atoms with E-state index in [0.717, 1.165) is 12.8 Å². The maximum atomic E-state index is 10.7. The molecule has 0 amide bonds. The van der Waals surface area contributed by atoms with Crippen molar-refractivity contribution in [1.29, 1.82) is 0 Å². The molecule has 0 aromatic heterocycles. The summed E-state index contributed by atoms with van der Waals surface area (Å²) in [6, 6.07) is 6.45. The summed E-state index contributed by atoms with van der Waals surface area (Å²) in [6.07, 6.45) is 5.82. The summed E-state index contributed by atoms with van der Waals surface area (Å²) in [5.74, 6) is 0.346. The first-order valence-corrected chi connectivity index (χ1v) is 4.84. The van der Waals surface area contributed by atoms with Gasteiger partial charge in [0.1, 0.15) is 6.10 Å². The van der Waals surface area contributed by atoms with Crippen LogP contribution in [0, 0.1) is 10.1 Å². The summed E-state index contributed by atoms with van der Waals surface area (Å²) >= 11 is 0. The van der Waals surface area contributed by atoms with Gasteiger partial charge < -0.3 is 4.74 Å². The maximum Gasteiger partial charge on any atom is 0.310 e. The molecule has 0 N–H and O–H groups in total. The van der Waals surface area contributed by atoms with Crippen LogP contribution in [-0.4, -0.2) is 11.0 Å². The molecule has 1 aliphatic rings. The Balaban J connectivity index is 2.19. The minimum Gasteiger partial charge on any atom is -0.479 e. The molecule has 1 unspecified atom stereocenters. The number of rotatable bonds is 3.